The number of hydrogen-bond donors (Lipinski definition) is 0. The van der Waals surface area contributed by atoms with E-state index in [2.05, 4.69) is 124 Å². The van der Waals surface area contributed by atoms with Gasteiger partial charge in [-0.05, 0) is 96.3 Å². The molecule has 1 unspecified atom stereocenters. The van der Waals surface area contributed by atoms with Crippen molar-refractivity contribution in [2.24, 2.45) is 0 Å². The average molecular weight is 1040 g/mol. The van der Waals surface area contributed by atoms with E-state index in [-0.39, 0.29) is 31.6 Å². The molecule has 0 N–H and O–H groups in total. The van der Waals surface area contributed by atoms with Gasteiger partial charge in [0.05, 0.1) is 0 Å². The molecule has 0 bridgehead atoms. The van der Waals surface area contributed by atoms with E-state index in [4.69, 9.17) is 14.2 Å². The minimum absolute atomic E-state index is 0.107. The SMILES string of the molecule is CC/C=C\C/C=C\C/C=C\C/C=C\C/C=C\C/C=C\CCC(=O)OC(COC(=O)CCCCCCCCCCC)COC(=O)CCCCCCCCCCCCCCCC/C=C\C/C=C\C/C=C\CCCCCCC. The highest BCUT2D eigenvalue weighted by Crippen LogP contribution is 2.16. The molecule has 0 aromatic heterocycles. The van der Waals surface area contributed by atoms with E-state index in [1.165, 1.54) is 154 Å². The van der Waals surface area contributed by atoms with Gasteiger partial charge in [0.15, 0.2) is 6.10 Å². The Kier molecular flexibility index (Phi) is 59.3. The third-order valence-corrected chi connectivity index (χ3v) is 13.3. The Labute approximate surface area is 463 Å². The number of ether oxygens (including phenoxy) is 3. The molecule has 75 heavy (non-hydrogen) atoms. The summed E-state index contributed by atoms with van der Waals surface area (Å²) >= 11 is 0. The van der Waals surface area contributed by atoms with Gasteiger partial charge in [0.25, 0.3) is 0 Å². The molecule has 1 atom stereocenters. The van der Waals surface area contributed by atoms with Crippen LogP contribution in [0.3, 0.4) is 0 Å². The van der Waals surface area contributed by atoms with Gasteiger partial charge in [0.2, 0.25) is 0 Å². The fourth-order valence-electron chi connectivity index (χ4n) is 8.59. The molecule has 0 amide bonds. The monoisotopic (exact) mass is 1040 g/mol. The summed E-state index contributed by atoms with van der Waals surface area (Å²) in [5.74, 6) is -0.991. The first-order valence-electron chi connectivity index (χ1n) is 31.4. The molecule has 6 heteroatoms. The first-order valence-corrected chi connectivity index (χ1v) is 31.4. The third-order valence-electron chi connectivity index (χ3n) is 13.3. The van der Waals surface area contributed by atoms with Crippen LogP contribution in [0.2, 0.25) is 0 Å². The van der Waals surface area contributed by atoms with Crippen molar-refractivity contribution in [3.63, 3.8) is 0 Å². The number of esters is 3. The number of rotatable bonds is 56. The Morgan fingerprint density at radius 1 is 0.280 bits per heavy atom. The predicted octanol–water partition coefficient (Wildman–Crippen LogP) is 21.4. The van der Waals surface area contributed by atoms with Gasteiger partial charge in [-0.1, -0.05) is 284 Å². The van der Waals surface area contributed by atoms with Crippen LogP contribution in [0, 0.1) is 0 Å². The Morgan fingerprint density at radius 2 is 0.547 bits per heavy atom. The van der Waals surface area contributed by atoms with Crippen LogP contribution in [-0.4, -0.2) is 37.2 Å². The van der Waals surface area contributed by atoms with Gasteiger partial charge in [-0.25, -0.2) is 0 Å². The van der Waals surface area contributed by atoms with Gasteiger partial charge >= 0.3 is 17.9 Å². The van der Waals surface area contributed by atoms with E-state index in [0.29, 0.717) is 19.3 Å². The molecular formula is C69H116O6. The van der Waals surface area contributed by atoms with Gasteiger partial charge in [-0.2, -0.15) is 0 Å². The standard InChI is InChI=1S/C69H116O6/c1-4-7-10-13-16-19-21-23-25-27-29-30-31-32-33-34-35-36-37-38-40-41-43-45-47-50-53-56-59-62-68(71)74-65-66(64-73-67(70)61-58-55-52-49-18-15-12-9-6-3)75-69(72)63-60-57-54-51-48-46-44-42-39-28-26-24-22-20-17-14-11-8-5-2/h8,11,17,20-21,23-24,26-27,29,31-32,39,42,46,48,54,57,66H,4-7,9-10,12-16,18-19,22,25,28,30,33-38,40-41,43-45,47,49-53,55-56,58-65H2,1-3H3/b11-8-,20-17-,23-21-,26-24-,29-27-,32-31-,42-39-,48-46-,57-54-. The molecule has 0 aliphatic carbocycles. The molecule has 0 aliphatic rings. The Morgan fingerprint density at radius 3 is 0.867 bits per heavy atom. The van der Waals surface area contributed by atoms with Crippen LogP contribution in [0.15, 0.2) is 109 Å². The lowest BCUT2D eigenvalue weighted by atomic mass is 10.0. The Bertz CT molecular complexity index is 1520. The summed E-state index contributed by atoms with van der Waals surface area (Å²) in [5, 5.41) is 0. The number of hydrogen-bond acceptors (Lipinski definition) is 6. The first-order chi connectivity index (χ1) is 37.0. The molecule has 0 spiro atoms. The lowest BCUT2D eigenvalue weighted by Crippen LogP contribution is -2.30. The fourth-order valence-corrected chi connectivity index (χ4v) is 8.59. The number of allylic oxidation sites excluding steroid dienone is 18. The van der Waals surface area contributed by atoms with E-state index < -0.39 is 12.1 Å². The van der Waals surface area contributed by atoms with Crippen molar-refractivity contribution in [3.05, 3.63) is 109 Å². The molecule has 0 rings (SSSR count). The van der Waals surface area contributed by atoms with Gasteiger partial charge in [-0.15, -0.1) is 0 Å². The molecule has 0 saturated heterocycles. The second kappa shape index (κ2) is 62.6. The van der Waals surface area contributed by atoms with Crippen molar-refractivity contribution < 1.29 is 28.6 Å². The van der Waals surface area contributed by atoms with Crippen molar-refractivity contribution in [3.8, 4) is 0 Å². The lowest BCUT2D eigenvalue weighted by Gasteiger charge is -2.18. The molecule has 0 aromatic carbocycles. The van der Waals surface area contributed by atoms with Crippen LogP contribution in [0.5, 0.6) is 0 Å². The van der Waals surface area contributed by atoms with Crippen LogP contribution in [0.4, 0.5) is 0 Å². The lowest BCUT2D eigenvalue weighted by molar-refractivity contribution is -0.166. The number of carbonyl (C=O) groups is 3. The van der Waals surface area contributed by atoms with Gasteiger partial charge in [-0.3, -0.25) is 14.4 Å². The Hall–Kier alpha value is -3.93. The highest BCUT2D eigenvalue weighted by atomic mass is 16.6. The highest BCUT2D eigenvalue weighted by molar-refractivity contribution is 5.71. The highest BCUT2D eigenvalue weighted by Gasteiger charge is 2.19. The van der Waals surface area contributed by atoms with Crippen LogP contribution < -0.4 is 0 Å². The molecule has 428 valence electrons. The molecule has 0 heterocycles. The summed E-state index contributed by atoms with van der Waals surface area (Å²) in [6, 6.07) is 0. The maximum absolute atomic E-state index is 12.8. The second-order valence-electron chi connectivity index (χ2n) is 20.6. The zero-order chi connectivity index (χ0) is 54.3. The zero-order valence-corrected chi connectivity index (χ0v) is 49.0. The van der Waals surface area contributed by atoms with Crippen molar-refractivity contribution in [1.29, 1.82) is 0 Å². The smallest absolute Gasteiger partial charge is 0.306 e. The van der Waals surface area contributed by atoms with Crippen molar-refractivity contribution >= 4 is 17.9 Å². The average Bonchev–Trinajstić information content (AvgIpc) is 3.41. The van der Waals surface area contributed by atoms with Crippen molar-refractivity contribution in [2.75, 3.05) is 13.2 Å². The van der Waals surface area contributed by atoms with E-state index in [1.807, 2.05) is 6.08 Å². The summed E-state index contributed by atoms with van der Waals surface area (Å²) < 4.78 is 16.8. The third kappa shape index (κ3) is 60.8. The van der Waals surface area contributed by atoms with Crippen LogP contribution in [0.1, 0.15) is 290 Å². The van der Waals surface area contributed by atoms with Crippen molar-refractivity contribution in [1.82, 2.24) is 0 Å². The van der Waals surface area contributed by atoms with Crippen molar-refractivity contribution in [2.45, 2.75) is 297 Å². The van der Waals surface area contributed by atoms with E-state index in [0.717, 1.165) is 89.9 Å². The van der Waals surface area contributed by atoms with Crippen LogP contribution >= 0.6 is 0 Å². The van der Waals surface area contributed by atoms with Crippen LogP contribution in [-0.2, 0) is 28.6 Å². The van der Waals surface area contributed by atoms with Crippen LogP contribution in [0.25, 0.3) is 0 Å². The number of unbranched alkanes of at least 4 members (excludes halogenated alkanes) is 27. The van der Waals surface area contributed by atoms with E-state index >= 15 is 0 Å². The van der Waals surface area contributed by atoms with Gasteiger partial charge < -0.3 is 14.2 Å². The molecule has 0 saturated carbocycles. The molecule has 0 fully saturated rings. The van der Waals surface area contributed by atoms with Gasteiger partial charge in [0.1, 0.15) is 13.2 Å². The van der Waals surface area contributed by atoms with Gasteiger partial charge in [0, 0.05) is 19.3 Å². The fraction of sp³-hybridized carbons (Fsp3) is 0.696. The largest absolute Gasteiger partial charge is 0.462 e. The summed E-state index contributed by atoms with van der Waals surface area (Å²) in [6.45, 7) is 6.44. The number of carbonyl (C=O) groups excluding carboxylic acids is 3. The summed E-state index contributed by atoms with van der Waals surface area (Å²) in [4.78, 5) is 38.1. The zero-order valence-electron chi connectivity index (χ0n) is 49.0. The minimum Gasteiger partial charge on any atom is -0.462 e. The normalized spacial score (nSPS) is 12.8. The molecule has 0 aromatic rings. The topological polar surface area (TPSA) is 78.9 Å². The molecule has 0 radical (unpaired) electrons. The predicted molar refractivity (Wildman–Crippen MR) is 325 cm³/mol. The van der Waals surface area contributed by atoms with E-state index in [9.17, 15) is 14.4 Å². The molecule has 6 nitrogen and oxygen atoms in total. The first kappa shape index (κ1) is 71.1. The summed E-state index contributed by atoms with van der Waals surface area (Å²) in [5.41, 5.74) is 0. The molecule has 0 aliphatic heterocycles. The summed E-state index contributed by atoms with van der Waals surface area (Å²) in [6.07, 6.45) is 85.5. The summed E-state index contributed by atoms with van der Waals surface area (Å²) in [7, 11) is 0. The molecular weight excluding hydrogens is 925 g/mol. The maximum Gasteiger partial charge on any atom is 0.306 e. The Balaban J connectivity index is 4.26. The van der Waals surface area contributed by atoms with E-state index in [1.54, 1.807) is 0 Å². The second-order valence-corrected chi connectivity index (χ2v) is 20.6. The minimum atomic E-state index is -0.818. The quantitative estimate of drug-likeness (QED) is 0.0261. The maximum atomic E-state index is 12.8.